The first-order valence-corrected chi connectivity index (χ1v) is 14.8. The van der Waals surface area contributed by atoms with Crippen molar-refractivity contribution in [3.63, 3.8) is 0 Å². The van der Waals surface area contributed by atoms with Gasteiger partial charge in [0.25, 0.3) is 0 Å². The van der Waals surface area contributed by atoms with E-state index in [1.165, 1.54) is 24.5 Å². The number of ether oxygens (including phenoxy) is 1. The summed E-state index contributed by atoms with van der Waals surface area (Å²) >= 11 is 5.89. The monoisotopic (exact) mass is 572 g/mol. The number of hydrogen-bond acceptors (Lipinski definition) is 10. The third kappa shape index (κ3) is 7.35. The zero-order valence-electron chi connectivity index (χ0n) is 19.4. The normalized spacial score (nSPS) is 18.4. The van der Waals surface area contributed by atoms with E-state index in [0.29, 0.717) is 46.7 Å². The van der Waals surface area contributed by atoms with E-state index >= 15 is 0 Å². The Balaban J connectivity index is 1.58. The van der Waals surface area contributed by atoms with Gasteiger partial charge in [0.15, 0.2) is 0 Å². The van der Waals surface area contributed by atoms with Crippen molar-refractivity contribution in [2.24, 2.45) is 0 Å². The topological polar surface area (TPSA) is 157 Å². The van der Waals surface area contributed by atoms with Crippen molar-refractivity contribution in [2.75, 3.05) is 29.6 Å². The van der Waals surface area contributed by atoms with Gasteiger partial charge in [0.05, 0.1) is 22.8 Å². The molecule has 1 saturated heterocycles. The molecular weight excluding hydrogens is 547 g/mol. The highest BCUT2D eigenvalue weighted by Crippen LogP contribution is 2.61. The molecule has 14 heteroatoms. The molecule has 1 aromatic heterocycles. The van der Waals surface area contributed by atoms with Crippen LogP contribution in [0.4, 0.5) is 21.6 Å². The fraction of sp³-hybridized carbons (Fsp3) is 0.348. The first-order valence-electron chi connectivity index (χ1n) is 11.3. The first-order chi connectivity index (χ1) is 17.6. The summed E-state index contributed by atoms with van der Waals surface area (Å²) < 4.78 is 38.8. The van der Waals surface area contributed by atoms with Crippen molar-refractivity contribution in [1.82, 2.24) is 9.97 Å². The third-order valence-corrected chi connectivity index (χ3v) is 9.87. The number of carbonyl (C=O) groups excluding carboxylic acids is 1. The van der Waals surface area contributed by atoms with Crippen LogP contribution in [-0.2, 0) is 4.79 Å². The van der Waals surface area contributed by atoms with Crippen molar-refractivity contribution >= 4 is 66.0 Å². The lowest BCUT2D eigenvalue weighted by atomic mass is 10.1. The molecule has 4 rings (SSSR count). The number of hydrogen-bond donors (Lipinski definition) is 6. The summed E-state index contributed by atoms with van der Waals surface area (Å²) in [5.74, 6) is 0.0599. The lowest BCUT2D eigenvalue weighted by Gasteiger charge is -2.24. The van der Waals surface area contributed by atoms with Crippen LogP contribution in [0.5, 0.6) is 5.75 Å². The van der Waals surface area contributed by atoms with Gasteiger partial charge in [0.2, 0.25) is 5.91 Å². The van der Waals surface area contributed by atoms with E-state index in [-0.39, 0.29) is 35.0 Å². The first kappa shape index (κ1) is 27.6. The second kappa shape index (κ2) is 12.0. The third-order valence-electron chi connectivity index (χ3n) is 5.52. The molecule has 2 unspecified atom stereocenters. The molecule has 0 aliphatic carbocycles. The van der Waals surface area contributed by atoms with Gasteiger partial charge in [0.1, 0.15) is 36.4 Å². The molecule has 0 radical (unpaired) electrons. The van der Waals surface area contributed by atoms with E-state index < -0.39 is 28.1 Å². The summed E-state index contributed by atoms with van der Waals surface area (Å²) in [4.78, 5) is 21.3. The van der Waals surface area contributed by atoms with E-state index in [4.69, 9.17) is 21.4 Å². The standard InChI is InChI=1S/C23H26ClFN4O6S2/c24-17-7-13(1-3-18(17)25)28-23-16-8-20(29-22(32)4-2-15-5-6-37(33,34)36-15)21(35-11-14(31)10-30)9-19(16)26-12-27-23/h1,3,7-9,12,14-15,30-31,33-34H,2,4-6,10-11H2,(H,29,32)(H,26,27,28). The molecule has 2 atom stereocenters. The van der Waals surface area contributed by atoms with E-state index in [1.54, 1.807) is 12.1 Å². The number of nitrogens with one attached hydrogen (secondary N) is 2. The summed E-state index contributed by atoms with van der Waals surface area (Å²) in [6.45, 7) is -0.713. The number of aliphatic hydroxyl groups is 2. The minimum atomic E-state index is -2.62. The summed E-state index contributed by atoms with van der Waals surface area (Å²) in [7, 11) is -1.50. The molecule has 1 amide bonds. The number of nitrogens with zero attached hydrogens (tertiary/aromatic N) is 2. The number of halogens is 2. The summed E-state index contributed by atoms with van der Waals surface area (Å²) in [5.41, 5.74) is 1.24. The second-order valence-corrected chi connectivity index (χ2v) is 13.5. The SMILES string of the molecule is O=C(CCC1CCS(O)(O)S1)Nc1cc2c(Nc3ccc(F)c(Cl)c3)ncnc2cc1OCC(O)CO. The smallest absolute Gasteiger partial charge is 0.224 e. The van der Waals surface area contributed by atoms with Crippen molar-refractivity contribution in [3.8, 4) is 5.75 Å². The van der Waals surface area contributed by atoms with Crippen LogP contribution in [0, 0.1) is 5.82 Å². The molecule has 0 saturated carbocycles. The molecule has 1 aliphatic heterocycles. The van der Waals surface area contributed by atoms with Gasteiger partial charge in [-0.15, -0.1) is 9.62 Å². The Morgan fingerprint density at radius 3 is 2.81 bits per heavy atom. The van der Waals surface area contributed by atoms with Crippen LogP contribution < -0.4 is 15.4 Å². The van der Waals surface area contributed by atoms with Crippen molar-refractivity contribution in [1.29, 1.82) is 0 Å². The molecular formula is C23H26ClFN4O6S2. The zero-order valence-corrected chi connectivity index (χ0v) is 21.8. The average molecular weight is 573 g/mol. The number of aromatic nitrogens is 2. The molecule has 3 aromatic rings. The highest BCUT2D eigenvalue weighted by Gasteiger charge is 2.29. The molecule has 1 aliphatic rings. The Bertz CT molecular complexity index is 1290. The van der Waals surface area contributed by atoms with Gasteiger partial charge >= 0.3 is 0 Å². The van der Waals surface area contributed by atoms with Crippen LogP contribution in [-0.4, -0.2) is 65.5 Å². The molecule has 200 valence electrons. The van der Waals surface area contributed by atoms with Crippen LogP contribution in [0.25, 0.3) is 10.9 Å². The minimum absolute atomic E-state index is 0.0190. The van der Waals surface area contributed by atoms with Gasteiger partial charge in [-0.2, -0.15) is 0 Å². The fourth-order valence-corrected chi connectivity index (χ4v) is 7.99. The average Bonchev–Trinajstić information content (AvgIpc) is 3.22. The van der Waals surface area contributed by atoms with Crippen LogP contribution in [0.15, 0.2) is 36.7 Å². The Morgan fingerprint density at radius 2 is 2.11 bits per heavy atom. The lowest BCUT2D eigenvalue weighted by Crippen LogP contribution is -2.22. The predicted molar refractivity (Wildman–Crippen MR) is 144 cm³/mol. The summed E-state index contributed by atoms with van der Waals surface area (Å²) in [6, 6.07) is 7.32. The predicted octanol–water partition coefficient (Wildman–Crippen LogP) is 4.79. The Labute approximate surface area is 222 Å². The Hall–Kier alpha value is -2.39. The van der Waals surface area contributed by atoms with Gasteiger partial charge in [-0.3, -0.25) is 13.9 Å². The van der Waals surface area contributed by atoms with Gasteiger partial charge < -0.3 is 25.6 Å². The summed E-state index contributed by atoms with van der Waals surface area (Å²) in [5, 5.41) is 25.2. The van der Waals surface area contributed by atoms with Crippen molar-refractivity contribution < 1.29 is 33.2 Å². The maximum absolute atomic E-state index is 13.6. The van der Waals surface area contributed by atoms with E-state index in [2.05, 4.69) is 20.6 Å². The summed E-state index contributed by atoms with van der Waals surface area (Å²) in [6.07, 6.45) is 1.45. The van der Waals surface area contributed by atoms with Gasteiger partial charge in [0, 0.05) is 34.6 Å². The molecule has 2 aromatic carbocycles. The maximum atomic E-state index is 13.6. The van der Waals surface area contributed by atoms with Crippen LogP contribution in [0.3, 0.4) is 0 Å². The molecule has 1 fully saturated rings. The lowest BCUT2D eigenvalue weighted by molar-refractivity contribution is -0.116. The zero-order chi connectivity index (χ0) is 26.6. The molecule has 37 heavy (non-hydrogen) atoms. The number of anilines is 3. The van der Waals surface area contributed by atoms with Crippen LogP contribution in [0.1, 0.15) is 19.3 Å². The molecule has 6 N–H and O–H groups in total. The van der Waals surface area contributed by atoms with Crippen molar-refractivity contribution in [3.05, 3.63) is 47.5 Å². The number of rotatable bonds is 10. The quantitative estimate of drug-likeness (QED) is 0.187. The Morgan fingerprint density at radius 1 is 1.30 bits per heavy atom. The number of amides is 1. The van der Waals surface area contributed by atoms with Gasteiger partial charge in [-0.25, -0.2) is 14.4 Å². The number of carbonyl (C=O) groups is 1. The van der Waals surface area contributed by atoms with Gasteiger partial charge in [-0.05, 0) is 47.9 Å². The largest absolute Gasteiger partial charge is 0.489 e. The molecule has 0 spiro atoms. The number of aliphatic hydroxyl groups excluding tert-OH is 2. The van der Waals surface area contributed by atoms with Crippen molar-refractivity contribution in [2.45, 2.75) is 30.6 Å². The Kier molecular flexibility index (Phi) is 8.95. The molecule has 0 bridgehead atoms. The fourth-order valence-electron chi connectivity index (χ4n) is 3.65. The van der Waals surface area contributed by atoms with Crippen LogP contribution in [0.2, 0.25) is 5.02 Å². The van der Waals surface area contributed by atoms with Gasteiger partial charge in [-0.1, -0.05) is 11.6 Å². The number of benzene rings is 2. The second-order valence-electron chi connectivity index (χ2n) is 8.39. The molecule has 2 heterocycles. The van der Waals surface area contributed by atoms with E-state index in [9.17, 15) is 23.4 Å². The minimum Gasteiger partial charge on any atom is -0.489 e. The molecule has 10 nitrogen and oxygen atoms in total. The van der Waals surface area contributed by atoms with E-state index in [0.717, 1.165) is 10.8 Å². The highest BCUT2D eigenvalue weighted by atomic mass is 35.5. The van der Waals surface area contributed by atoms with E-state index in [1.807, 2.05) is 0 Å². The van der Waals surface area contributed by atoms with Crippen LogP contribution >= 0.6 is 32.0 Å². The number of fused-ring (bicyclic) bond motifs is 1. The highest BCUT2D eigenvalue weighted by molar-refractivity contribution is 8.90. The maximum Gasteiger partial charge on any atom is 0.224 e.